The predicted molar refractivity (Wildman–Crippen MR) is 75.7 cm³/mol. The molecule has 0 aliphatic heterocycles. The van der Waals surface area contributed by atoms with Gasteiger partial charge < -0.3 is 14.3 Å². The van der Waals surface area contributed by atoms with Gasteiger partial charge in [-0.25, -0.2) is 4.98 Å². The Morgan fingerprint density at radius 3 is 3.11 bits per heavy atom. The van der Waals surface area contributed by atoms with Crippen LogP contribution in [0.5, 0.6) is 5.88 Å². The zero-order chi connectivity index (χ0) is 13.2. The monoisotopic (exact) mass is 276 g/mol. The lowest BCUT2D eigenvalue weighted by Crippen LogP contribution is -2.12. The van der Waals surface area contributed by atoms with E-state index in [2.05, 4.69) is 31.7 Å². The topological polar surface area (TPSA) is 55.7 Å². The van der Waals surface area contributed by atoms with E-state index in [4.69, 9.17) is 17.0 Å². The van der Waals surface area contributed by atoms with Gasteiger partial charge in [0.15, 0.2) is 10.4 Å². The minimum atomic E-state index is 0.540. The minimum Gasteiger partial charge on any atom is -0.479 e. The fourth-order valence-electron chi connectivity index (χ4n) is 2.55. The van der Waals surface area contributed by atoms with Gasteiger partial charge in [-0.05, 0) is 37.4 Å². The zero-order valence-electron chi connectivity index (χ0n) is 10.8. The summed E-state index contributed by atoms with van der Waals surface area (Å²) in [4.78, 5) is 11.6. The van der Waals surface area contributed by atoms with Crippen LogP contribution in [-0.4, -0.2) is 26.6 Å². The summed E-state index contributed by atoms with van der Waals surface area (Å²) in [6.07, 6.45) is 9.47. The highest BCUT2D eigenvalue weighted by Crippen LogP contribution is 2.24. The molecular formula is C13H16N4OS. The van der Waals surface area contributed by atoms with Crippen LogP contribution in [-0.2, 0) is 6.54 Å². The highest BCUT2D eigenvalue weighted by Gasteiger charge is 2.16. The minimum absolute atomic E-state index is 0.540. The molecule has 100 valence electrons. The highest BCUT2D eigenvalue weighted by atomic mass is 32.1. The van der Waals surface area contributed by atoms with Gasteiger partial charge in [-0.3, -0.25) is 0 Å². The van der Waals surface area contributed by atoms with Gasteiger partial charge in [-0.2, -0.15) is 4.98 Å². The van der Waals surface area contributed by atoms with Crippen LogP contribution in [0.25, 0.3) is 11.2 Å². The van der Waals surface area contributed by atoms with Crippen LogP contribution in [0.4, 0.5) is 0 Å². The van der Waals surface area contributed by atoms with Crippen LogP contribution in [0.1, 0.15) is 19.3 Å². The average molecular weight is 276 g/mol. The van der Waals surface area contributed by atoms with Gasteiger partial charge in [0.1, 0.15) is 11.8 Å². The number of imidazole rings is 1. The number of hydrogen-bond donors (Lipinski definition) is 1. The molecule has 0 fully saturated rings. The van der Waals surface area contributed by atoms with Crippen molar-refractivity contribution in [2.75, 3.05) is 7.11 Å². The SMILES string of the molecule is COc1ncnc2c1[nH]c(=S)n2CC1CC=CCC1. The molecule has 0 bridgehead atoms. The normalized spacial score (nSPS) is 18.9. The number of rotatable bonds is 3. The molecule has 6 heteroatoms. The first kappa shape index (κ1) is 12.3. The number of nitrogens with one attached hydrogen (secondary N) is 1. The van der Waals surface area contributed by atoms with Gasteiger partial charge in [0.2, 0.25) is 5.88 Å². The van der Waals surface area contributed by atoms with Crippen LogP contribution in [0.2, 0.25) is 0 Å². The summed E-state index contributed by atoms with van der Waals surface area (Å²) in [7, 11) is 1.60. The molecule has 1 aliphatic carbocycles. The Morgan fingerprint density at radius 1 is 1.47 bits per heavy atom. The van der Waals surface area contributed by atoms with E-state index >= 15 is 0 Å². The second-order valence-corrected chi connectivity index (χ2v) is 5.16. The molecule has 0 saturated heterocycles. The van der Waals surface area contributed by atoms with Crippen LogP contribution >= 0.6 is 12.2 Å². The summed E-state index contributed by atoms with van der Waals surface area (Å²) >= 11 is 5.39. The maximum absolute atomic E-state index is 5.39. The highest BCUT2D eigenvalue weighted by molar-refractivity contribution is 7.71. The van der Waals surface area contributed by atoms with Crippen LogP contribution in [0.15, 0.2) is 18.5 Å². The number of hydrogen-bond acceptors (Lipinski definition) is 4. The number of methoxy groups -OCH3 is 1. The first-order valence-electron chi connectivity index (χ1n) is 6.42. The van der Waals surface area contributed by atoms with E-state index in [0.717, 1.165) is 30.6 Å². The maximum Gasteiger partial charge on any atom is 0.242 e. The zero-order valence-corrected chi connectivity index (χ0v) is 11.6. The molecule has 0 radical (unpaired) electrons. The molecule has 3 rings (SSSR count). The molecule has 0 amide bonds. The molecule has 2 aromatic heterocycles. The van der Waals surface area contributed by atoms with E-state index < -0.39 is 0 Å². The van der Waals surface area contributed by atoms with Gasteiger partial charge in [0, 0.05) is 6.54 Å². The molecule has 5 nitrogen and oxygen atoms in total. The fourth-order valence-corrected chi connectivity index (χ4v) is 2.81. The molecule has 19 heavy (non-hydrogen) atoms. The van der Waals surface area contributed by atoms with Gasteiger partial charge in [0.05, 0.1) is 7.11 Å². The van der Waals surface area contributed by atoms with Gasteiger partial charge in [0.25, 0.3) is 0 Å². The summed E-state index contributed by atoms with van der Waals surface area (Å²) in [5.74, 6) is 1.16. The Balaban J connectivity index is 2.01. The maximum atomic E-state index is 5.39. The second kappa shape index (κ2) is 5.13. The van der Waals surface area contributed by atoms with E-state index in [-0.39, 0.29) is 0 Å². The molecule has 1 aliphatic rings. The lowest BCUT2D eigenvalue weighted by Gasteiger charge is -2.18. The standard InChI is InChI=1S/C13H16N4OS/c1-18-12-10-11(14-8-15-12)17(13(19)16-10)7-9-5-3-2-4-6-9/h2-3,8-9H,4-7H2,1H3,(H,16,19). The summed E-state index contributed by atoms with van der Waals surface area (Å²) in [5, 5.41) is 0. The Bertz CT molecular complexity index is 673. The van der Waals surface area contributed by atoms with Crippen molar-refractivity contribution in [1.29, 1.82) is 0 Å². The van der Waals surface area contributed by atoms with Crippen LogP contribution in [0, 0.1) is 10.7 Å². The molecule has 1 unspecified atom stereocenters. The van der Waals surface area contributed by atoms with Crippen molar-refractivity contribution in [2.45, 2.75) is 25.8 Å². The quantitative estimate of drug-likeness (QED) is 0.692. The second-order valence-electron chi connectivity index (χ2n) is 4.77. The van der Waals surface area contributed by atoms with E-state index in [1.54, 1.807) is 7.11 Å². The largest absolute Gasteiger partial charge is 0.479 e. The van der Waals surface area contributed by atoms with E-state index in [1.807, 2.05) is 0 Å². The van der Waals surface area contributed by atoms with Crippen molar-refractivity contribution in [3.8, 4) is 5.88 Å². The summed E-state index contributed by atoms with van der Waals surface area (Å²) in [5.41, 5.74) is 1.60. The van der Waals surface area contributed by atoms with Crippen LogP contribution < -0.4 is 4.74 Å². The lowest BCUT2D eigenvalue weighted by atomic mass is 9.94. The third kappa shape index (κ3) is 2.28. The summed E-state index contributed by atoms with van der Waals surface area (Å²) in [6, 6.07) is 0. The van der Waals surface area contributed by atoms with Gasteiger partial charge in [-0.1, -0.05) is 12.2 Å². The molecule has 1 atom stereocenters. The average Bonchev–Trinajstić information content (AvgIpc) is 2.76. The Kier molecular flexibility index (Phi) is 3.33. The van der Waals surface area contributed by atoms with E-state index in [1.165, 1.54) is 12.7 Å². The Hall–Kier alpha value is -1.69. The number of fused-ring (bicyclic) bond motifs is 1. The molecule has 0 saturated carbocycles. The number of allylic oxidation sites excluding steroid dienone is 2. The number of aromatic nitrogens is 4. The number of ether oxygens (including phenoxy) is 1. The Labute approximate surface area is 116 Å². The van der Waals surface area contributed by atoms with Crippen molar-refractivity contribution in [1.82, 2.24) is 19.5 Å². The van der Waals surface area contributed by atoms with Crippen molar-refractivity contribution >= 4 is 23.4 Å². The first-order chi connectivity index (χ1) is 9.29. The number of aromatic amines is 1. The predicted octanol–water partition coefficient (Wildman–Crippen LogP) is 2.85. The van der Waals surface area contributed by atoms with Gasteiger partial charge in [-0.15, -0.1) is 0 Å². The van der Waals surface area contributed by atoms with Crippen molar-refractivity contribution in [3.05, 3.63) is 23.3 Å². The smallest absolute Gasteiger partial charge is 0.242 e. The number of nitrogens with zero attached hydrogens (tertiary/aromatic N) is 3. The molecule has 0 aromatic carbocycles. The summed E-state index contributed by atoms with van der Waals surface area (Å²) < 4.78 is 7.97. The third-order valence-corrected chi connectivity index (χ3v) is 3.86. The first-order valence-corrected chi connectivity index (χ1v) is 6.83. The van der Waals surface area contributed by atoms with Crippen LogP contribution in [0.3, 0.4) is 0 Å². The van der Waals surface area contributed by atoms with E-state index in [9.17, 15) is 0 Å². The van der Waals surface area contributed by atoms with Gasteiger partial charge >= 0.3 is 0 Å². The van der Waals surface area contributed by atoms with Crippen molar-refractivity contribution in [3.63, 3.8) is 0 Å². The third-order valence-electron chi connectivity index (χ3n) is 3.54. The summed E-state index contributed by atoms with van der Waals surface area (Å²) in [6.45, 7) is 0.892. The Morgan fingerprint density at radius 2 is 2.37 bits per heavy atom. The number of H-pyrrole nitrogens is 1. The lowest BCUT2D eigenvalue weighted by molar-refractivity contribution is 0.401. The van der Waals surface area contributed by atoms with E-state index in [0.29, 0.717) is 16.6 Å². The fraction of sp³-hybridized carbons (Fsp3) is 0.462. The molecule has 2 heterocycles. The van der Waals surface area contributed by atoms with Crippen molar-refractivity contribution in [2.24, 2.45) is 5.92 Å². The molecule has 2 aromatic rings. The molecule has 0 spiro atoms. The molecular weight excluding hydrogens is 260 g/mol. The van der Waals surface area contributed by atoms with Crippen molar-refractivity contribution < 1.29 is 4.74 Å². The molecule has 1 N–H and O–H groups in total.